The molecule has 3 aromatic rings. The van der Waals surface area contributed by atoms with Gasteiger partial charge in [-0.3, -0.25) is 4.79 Å². The van der Waals surface area contributed by atoms with Crippen LogP contribution < -0.4 is 9.97 Å². The minimum atomic E-state index is -1.34. The molecule has 1 aliphatic heterocycles. The fraction of sp³-hybridized carbons (Fsp3) is 0.118. The molecule has 2 heterocycles. The van der Waals surface area contributed by atoms with Gasteiger partial charge in [0.2, 0.25) is 0 Å². The van der Waals surface area contributed by atoms with Gasteiger partial charge >= 0.3 is 13.1 Å². The molecule has 0 radical (unpaired) electrons. The molecule has 1 amide bonds. The number of nitrogens with zero attached hydrogens (tertiary/aromatic N) is 1. The molecule has 2 aromatic carbocycles. The molecule has 0 bridgehead atoms. The normalized spacial score (nSPS) is 16.0. The van der Waals surface area contributed by atoms with Crippen molar-refractivity contribution in [2.24, 2.45) is 0 Å². The van der Waals surface area contributed by atoms with Crippen molar-refractivity contribution >= 4 is 30.0 Å². The largest absolute Gasteiger partial charge is 0.547 e. The lowest BCUT2D eigenvalue weighted by Crippen LogP contribution is -2.53. The highest BCUT2D eigenvalue weighted by Crippen LogP contribution is 2.30. The molecule has 9 heteroatoms. The monoisotopic (exact) mass is 351 g/mol. The van der Waals surface area contributed by atoms with Crippen molar-refractivity contribution in [1.82, 2.24) is 15.3 Å². The number of hydrogen-bond donors (Lipinski definition) is 4. The predicted octanol–water partition coefficient (Wildman–Crippen LogP) is 1.01. The summed E-state index contributed by atoms with van der Waals surface area (Å²) in [6.07, 6.45) is 1.80. The average Bonchev–Trinajstić information content (AvgIpc) is 3.09. The number of carbonyl (C=O) groups excluding carboxylic acids is 1. The van der Waals surface area contributed by atoms with E-state index < -0.39 is 19.0 Å². The van der Waals surface area contributed by atoms with E-state index in [1.807, 2.05) is 0 Å². The third-order valence-electron chi connectivity index (χ3n) is 4.35. The van der Waals surface area contributed by atoms with Crippen LogP contribution in [-0.2, 0) is 6.42 Å². The number of aromatic amines is 1. The Morgan fingerprint density at radius 3 is 2.96 bits per heavy atom. The Hall–Kier alpha value is -3.33. The van der Waals surface area contributed by atoms with E-state index in [0.717, 1.165) is 11.0 Å². The summed E-state index contributed by atoms with van der Waals surface area (Å²) in [5.41, 5.74) is 2.49. The molecule has 1 aliphatic rings. The molecular formula is C17H14BN3O5. The fourth-order valence-electron chi connectivity index (χ4n) is 3.04. The van der Waals surface area contributed by atoms with Crippen molar-refractivity contribution in [1.29, 1.82) is 0 Å². The van der Waals surface area contributed by atoms with Crippen molar-refractivity contribution < 1.29 is 24.4 Å². The summed E-state index contributed by atoms with van der Waals surface area (Å²) in [7, 11) is -1.34. The molecule has 130 valence electrons. The lowest BCUT2D eigenvalue weighted by molar-refractivity contribution is 0.0693. The van der Waals surface area contributed by atoms with Crippen molar-refractivity contribution in [3.63, 3.8) is 0 Å². The van der Waals surface area contributed by atoms with Crippen LogP contribution in [0.4, 0.5) is 0 Å². The average molecular weight is 351 g/mol. The number of rotatable bonds is 3. The first kappa shape index (κ1) is 16.2. The number of benzene rings is 2. The van der Waals surface area contributed by atoms with Crippen LogP contribution in [0.25, 0.3) is 11.0 Å². The summed E-state index contributed by atoms with van der Waals surface area (Å²) in [5, 5.41) is 22.2. The van der Waals surface area contributed by atoms with Crippen LogP contribution in [0.1, 0.15) is 26.3 Å². The number of amides is 1. The standard InChI is InChI=1S/C17H14BN3O5/c22-16(10-4-5-12-13(6-10)20-8-19-12)21-14-7-9-2-1-3-11(17(23)24)15(9)26-18(14)25/h1-6,8,14,25H,7H2,(H,19,20)(H,21,22)(H,23,24). The second-order valence-corrected chi connectivity index (χ2v) is 6.03. The summed E-state index contributed by atoms with van der Waals surface area (Å²) in [5.74, 6) is -2.07. The highest BCUT2D eigenvalue weighted by Gasteiger charge is 2.37. The summed E-state index contributed by atoms with van der Waals surface area (Å²) in [6, 6.07) is 9.77. The van der Waals surface area contributed by atoms with Gasteiger partial charge in [0.25, 0.3) is 5.91 Å². The van der Waals surface area contributed by atoms with Crippen molar-refractivity contribution in [3.8, 4) is 5.75 Å². The van der Waals surface area contributed by atoms with Crippen LogP contribution in [0.15, 0.2) is 42.7 Å². The van der Waals surface area contributed by atoms with Gasteiger partial charge in [0.1, 0.15) is 5.75 Å². The van der Waals surface area contributed by atoms with E-state index in [0.29, 0.717) is 11.1 Å². The summed E-state index contributed by atoms with van der Waals surface area (Å²) in [6.45, 7) is 0. The number of H-pyrrole nitrogens is 1. The summed E-state index contributed by atoms with van der Waals surface area (Å²) in [4.78, 5) is 30.8. The number of aromatic nitrogens is 2. The third-order valence-corrected chi connectivity index (χ3v) is 4.35. The van der Waals surface area contributed by atoms with Gasteiger partial charge < -0.3 is 25.1 Å². The number of nitrogens with one attached hydrogen (secondary N) is 2. The first-order valence-electron chi connectivity index (χ1n) is 7.97. The van der Waals surface area contributed by atoms with Crippen LogP contribution in [-0.4, -0.2) is 45.0 Å². The number of carboxylic acid groups (broad SMARTS) is 1. The van der Waals surface area contributed by atoms with Gasteiger partial charge in [-0.05, 0) is 36.2 Å². The van der Waals surface area contributed by atoms with E-state index in [4.69, 9.17) is 4.65 Å². The van der Waals surface area contributed by atoms with Gasteiger partial charge in [0.05, 0.1) is 28.9 Å². The molecule has 0 spiro atoms. The van der Waals surface area contributed by atoms with Gasteiger partial charge in [0.15, 0.2) is 0 Å². The van der Waals surface area contributed by atoms with Crippen LogP contribution in [0, 0.1) is 0 Å². The van der Waals surface area contributed by atoms with E-state index in [1.54, 1.807) is 36.7 Å². The molecule has 0 fully saturated rings. The third kappa shape index (κ3) is 2.78. The van der Waals surface area contributed by atoms with Crippen molar-refractivity contribution in [2.75, 3.05) is 0 Å². The quantitative estimate of drug-likeness (QED) is 0.522. The summed E-state index contributed by atoms with van der Waals surface area (Å²) < 4.78 is 5.38. The second-order valence-electron chi connectivity index (χ2n) is 6.03. The Kier molecular flexibility index (Phi) is 3.85. The molecule has 4 N–H and O–H groups in total. The molecule has 0 aliphatic carbocycles. The Morgan fingerprint density at radius 1 is 1.31 bits per heavy atom. The Labute approximate surface area is 148 Å². The molecule has 8 nitrogen and oxygen atoms in total. The Bertz CT molecular complexity index is 1020. The molecule has 1 unspecified atom stereocenters. The van der Waals surface area contributed by atoms with Gasteiger partial charge in [-0.1, -0.05) is 12.1 Å². The lowest BCUT2D eigenvalue weighted by Gasteiger charge is -2.28. The minimum absolute atomic E-state index is 0.0176. The second kappa shape index (κ2) is 6.19. The van der Waals surface area contributed by atoms with Gasteiger partial charge in [-0.25, -0.2) is 9.78 Å². The number of imidazole rings is 1. The van der Waals surface area contributed by atoms with Crippen LogP contribution in [0.5, 0.6) is 5.75 Å². The number of carbonyl (C=O) groups is 2. The Balaban J connectivity index is 1.56. The Morgan fingerprint density at radius 2 is 2.15 bits per heavy atom. The lowest BCUT2D eigenvalue weighted by atomic mass is 9.72. The van der Waals surface area contributed by atoms with Crippen molar-refractivity contribution in [2.45, 2.75) is 12.4 Å². The molecule has 0 saturated carbocycles. The van der Waals surface area contributed by atoms with Crippen LogP contribution >= 0.6 is 0 Å². The number of aromatic carboxylic acids is 1. The molecule has 1 aromatic heterocycles. The zero-order valence-corrected chi connectivity index (χ0v) is 13.5. The van der Waals surface area contributed by atoms with E-state index in [-0.39, 0.29) is 23.6 Å². The number of hydrogen-bond acceptors (Lipinski definition) is 5. The van der Waals surface area contributed by atoms with Gasteiger partial charge in [-0.15, -0.1) is 0 Å². The minimum Gasteiger partial charge on any atom is -0.534 e. The first-order chi connectivity index (χ1) is 12.5. The smallest absolute Gasteiger partial charge is 0.534 e. The predicted molar refractivity (Wildman–Crippen MR) is 93.1 cm³/mol. The SMILES string of the molecule is O=C(NC1Cc2cccc(C(=O)O)c2OB1O)c1ccc2nc[nH]c2c1. The fourth-order valence-corrected chi connectivity index (χ4v) is 3.04. The molecule has 4 rings (SSSR count). The van der Waals surface area contributed by atoms with Crippen LogP contribution in [0.3, 0.4) is 0 Å². The molecule has 26 heavy (non-hydrogen) atoms. The molecular weight excluding hydrogens is 337 g/mol. The maximum absolute atomic E-state index is 12.5. The molecule has 0 saturated heterocycles. The first-order valence-corrected chi connectivity index (χ1v) is 7.97. The molecule has 1 atom stereocenters. The highest BCUT2D eigenvalue weighted by molar-refractivity contribution is 6.47. The maximum Gasteiger partial charge on any atom is 0.547 e. The summed E-state index contributed by atoms with van der Waals surface area (Å²) >= 11 is 0. The van der Waals surface area contributed by atoms with Gasteiger partial charge in [0, 0.05) is 5.56 Å². The highest BCUT2D eigenvalue weighted by atomic mass is 16.5. The van der Waals surface area contributed by atoms with E-state index in [1.165, 1.54) is 6.07 Å². The van der Waals surface area contributed by atoms with E-state index in [9.17, 15) is 19.7 Å². The van der Waals surface area contributed by atoms with E-state index in [2.05, 4.69) is 15.3 Å². The number of carboxylic acids is 1. The van der Waals surface area contributed by atoms with E-state index >= 15 is 0 Å². The topological polar surface area (TPSA) is 125 Å². The maximum atomic E-state index is 12.5. The zero-order chi connectivity index (χ0) is 18.3. The van der Waals surface area contributed by atoms with Crippen molar-refractivity contribution in [3.05, 3.63) is 59.4 Å². The zero-order valence-electron chi connectivity index (χ0n) is 13.5. The number of fused-ring (bicyclic) bond motifs is 2. The van der Waals surface area contributed by atoms with Crippen LogP contribution in [0.2, 0.25) is 0 Å². The van der Waals surface area contributed by atoms with Gasteiger partial charge in [-0.2, -0.15) is 0 Å². The number of para-hydroxylation sites is 1.